The molecule has 0 N–H and O–H groups in total. The molecule has 1 heterocycles. The van der Waals surface area contributed by atoms with E-state index in [-0.39, 0.29) is 12.3 Å². The van der Waals surface area contributed by atoms with Gasteiger partial charge in [0.2, 0.25) is 11.8 Å². The molecule has 0 aliphatic rings. The number of benzene rings is 2. The van der Waals surface area contributed by atoms with Crippen LogP contribution in [0.1, 0.15) is 23.7 Å². The first-order chi connectivity index (χ1) is 12.1. The third-order valence-electron chi connectivity index (χ3n) is 4.18. The van der Waals surface area contributed by atoms with Crippen molar-refractivity contribution in [1.29, 1.82) is 0 Å². The largest absolute Gasteiger partial charge is 0.444 e. The predicted octanol–water partition coefficient (Wildman–Crippen LogP) is 4.55. The molecular weight excluding hydrogens is 312 g/mol. The Balaban J connectivity index is 1.79. The zero-order valence-electron chi connectivity index (χ0n) is 14.8. The van der Waals surface area contributed by atoms with Crippen molar-refractivity contribution >= 4 is 11.6 Å². The molecule has 0 aliphatic heterocycles. The smallest absolute Gasteiger partial charge is 0.233 e. The minimum atomic E-state index is 0.0177. The van der Waals surface area contributed by atoms with Crippen LogP contribution in [0.3, 0.4) is 0 Å². The summed E-state index contributed by atoms with van der Waals surface area (Å²) < 4.78 is 5.53. The minimum absolute atomic E-state index is 0.0177. The molecule has 0 radical (unpaired) electrons. The van der Waals surface area contributed by atoms with Crippen LogP contribution in [-0.4, -0.2) is 17.4 Å². The van der Waals surface area contributed by atoms with E-state index in [9.17, 15) is 4.79 Å². The summed E-state index contributed by atoms with van der Waals surface area (Å²) in [6.45, 7) is 6.66. The third kappa shape index (κ3) is 3.79. The third-order valence-corrected chi connectivity index (χ3v) is 4.18. The van der Waals surface area contributed by atoms with E-state index in [1.54, 1.807) is 11.2 Å². The lowest BCUT2D eigenvalue weighted by Crippen LogP contribution is -2.32. The summed E-state index contributed by atoms with van der Waals surface area (Å²) in [7, 11) is 0. The number of anilines is 1. The molecule has 4 nitrogen and oxygen atoms in total. The molecule has 0 bridgehead atoms. The first-order valence-corrected chi connectivity index (χ1v) is 8.46. The van der Waals surface area contributed by atoms with E-state index in [1.165, 1.54) is 0 Å². The normalized spacial score (nSPS) is 10.7. The Bertz CT molecular complexity index is 869. The number of amides is 1. The second-order valence-electron chi connectivity index (χ2n) is 6.11. The van der Waals surface area contributed by atoms with Crippen LogP contribution < -0.4 is 4.90 Å². The number of aryl methyl sites for hydroxylation is 2. The summed E-state index contributed by atoms with van der Waals surface area (Å²) in [5.41, 5.74) is 4.74. The van der Waals surface area contributed by atoms with E-state index < -0.39 is 0 Å². The Labute approximate surface area is 148 Å². The molecule has 3 rings (SSSR count). The van der Waals surface area contributed by atoms with Crippen molar-refractivity contribution in [2.75, 3.05) is 11.4 Å². The quantitative estimate of drug-likeness (QED) is 0.687. The van der Waals surface area contributed by atoms with Gasteiger partial charge in [-0.05, 0) is 50.1 Å². The number of hydrogen-bond donors (Lipinski definition) is 0. The first kappa shape index (κ1) is 17.0. The standard InChI is InChI=1S/C21H22N2O2/c1-4-23(19-12-15(2)10-11-16(19)3)20(24)13-18-14-25-21(22-18)17-8-6-5-7-9-17/h5-12,14H,4,13H2,1-3H3. The summed E-state index contributed by atoms with van der Waals surface area (Å²) >= 11 is 0. The van der Waals surface area contributed by atoms with Gasteiger partial charge in [-0.15, -0.1) is 0 Å². The Morgan fingerprint density at radius 2 is 1.88 bits per heavy atom. The molecule has 1 amide bonds. The molecule has 25 heavy (non-hydrogen) atoms. The highest BCUT2D eigenvalue weighted by Crippen LogP contribution is 2.23. The lowest BCUT2D eigenvalue weighted by molar-refractivity contribution is -0.118. The van der Waals surface area contributed by atoms with E-state index >= 15 is 0 Å². The molecular formula is C21H22N2O2. The van der Waals surface area contributed by atoms with Crippen LogP contribution >= 0.6 is 0 Å². The lowest BCUT2D eigenvalue weighted by atomic mass is 10.1. The molecule has 4 heteroatoms. The molecule has 0 saturated carbocycles. The topological polar surface area (TPSA) is 46.3 Å². The monoisotopic (exact) mass is 334 g/mol. The average molecular weight is 334 g/mol. The molecule has 2 aromatic carbocycles. The van der Waals surface area contributed by atoms with Gasteiger partial charge in [-0.1, -0.05) is 30.3 Å². The summed E-state index contributed by atoms with van der Waals surface area (Å²) in [4.78, 5) is 19.1. The van der Waals surface area contributed by atoms with Crippen molar-refractivity contribution in [3.8, 4) is 11.5 Å². The fourth-order valence-electron chi connectivity index (χ4n) is 2.84. The van der Waals surface area contributed by atoms with Crippen molar-refractivity contribution < 1.29 is 9.21 Å². The van der Waals surface area contributed by atoms with Crippen molar-refractivity contribution in [3.05, 3.63) is 71.6 Å². The molecule has 0 atom stereocenters. The van der Waals surface area contributed by atoms with Gasteiger partial charge in [-0.2, -0.15) is 0 Å². The van der Waals surface area contributed by atoms with Crippen molar-refractivity contribution in [3.63, 3.8) is 0 Å². The predicted molar refractivity (Wildman–Crippen MR) is 99.6 cm³/mol. The zero-order chi connectivity index (χ0) is 17.8. The van der Waals surface area contributed by atoms with Crippen molar-refractivity contribution in [2.24, 2.45) is 0 Å². The molecule has 1 aromatic heterocycles. The number of aromatic nitrogens is 1. The summed E-state index contributed by atoms with van der Waals surface area (Å²) in [5, 5.41) is 0. The summed E-state index contributed by atoms with van der Waals surface area (Å²) in [6.07, 6.45) is 1.79. The number of nitrogens with zero attached hydrogens (tertiary/aromatic N) is 2. The molecule has 3 aromatic rings. The van der Waals surface area contributed by atoms with Crippen LogP contribution in [-0.2, 0) is 11.2 Å². The van der Waals surface area contributed by atoms with Crippen LogP contribution in [0.2, 0.25) is 0 Å². The lowest BCUT2D eigenvalue weighted by Gasteiger charge is -2.23. The van der Waals surface area contributed by atoms with Crippen molar-refractivity contribution in [1.82, 2.24) is 4.98 Å². The van der Waals surface area contributed by atoms with E-state index in [2.05, 4.69) is 17.1 Å². The maximum absolute atomic E-state index is 12.8. The molecule has 0 saturated heterocycles. The molecule has 0 spiro atoms. The van der Waals surface area contributed by atoms with Gasteiger partial charge >= 0.3 is 0 Å². The number of hydrogen-bond acceptors (Lipinski definition) is 3. The highest BCUT2D eigenvalue weighted by atomic mass is 16.3. The van der Waals surface area contributed by atoms with Crippen LogP contribution in [0.25, 0.3) is 11.5 Å². The van der Waals surface area contributed by atoms with Gasteiger partial charge in [-0.3, -0.25) is 4.79 Å². The van der Waals surface area contributed by atoms with Crippen LogP contribution in [0, 0.1) is 13.8 Å². The fourth-order valence-corrected chi connectivity index (χ4v) is 2.84. The molecule has 0 aliphatic carbocycles. The van der Waals surface area contributed by atoms with Gasteiger partial charge in [0.1, 0.15) is 6.26 Å². The van der Waals surface area contributed by atoms with E-state index in [1.807, 2.05) is 57.2 Å². The minimum Gasteiger partial charge on any atom is -0.444 e. The average Bonchev–Trinajstić information content (AvgIpc) is 3.08. The van der Waals surface area contributed by atoms with E-state index in [0.717, 1.165) is 22.4 Å². The van der Waals surface area contributed by atoms with E-state index in [0.29, 0.717) is 18.1 Å². The highest BCUT2D eigenvalue weighted by molar-refractivity contribution is 5.95. The number of carbonyl (C=O) groups is 1. The van der Waals surface area contributed by atoms with Gasteiger partial charge in [0.05, 0.1) is 12.1 Å². The van der Waals surface area contributed by atoms with Crippen LogP contribution in [0.5, 0.6) is 0 Å². The summed E-state index contributed by atoms with van der Waals surface area (Å²) in [6, 6.07) is 15.8. The zero-order valence-corrected chi connectivity index (χ0v) is 14.8. The fraction of sp³-hybridized carbons (Fsp3) is 0.238. The maximum Gasteiger partial charge on any atom is 0.233 e. The SMILES string of the molecule is CCN(C(=O)Cc1coc(-c2ccccc2)n1)c1cc(C)ccc1C. The van der Waals surface area contributed by atoms with Crippen molar-refractivity contribution in [2.45, 2.75) is 27.2 Å². The second kappa shape index (κ2) is 7.34. The second-order valence-corrected chi connectivity index (χ2v) is 6.11. The number of oxazole rings is 1. The van der Waals surface area contributed by atoms with E-state index in [4.69, 9.17) is 4.42 Å². The maximum atomic E-state index is 12.8. The summed E-state index contributed by atoms with van der Waals surface area (Å²) in [5.74, 6) is 0.558. The van der Waals surface area contributed by atoms with Gasteiger partial charge in [-0.25, -0.2) is 4.98 Å². The number of likely N-dealkylation sites (N-methyl/N-ethyl adjacent to an activating group) is 1. The van der Waals surface area contributed by atoms with Gasteiger partial charge in [0, 0.05) is 17.8 Å². The number of carbonyl (C=O) groups excluding carboxylic acids is 1. The van der Waals surface area contributed by atoms with Crippen LogP contribution in [0.4, 0.5) is 5.69 Å². The van der Waals surface area contributed by atoms with Gasteiger partial charge in [0.15, 0.2) is 0 Å². The molecule has 0 unspecified atom stereocenters. The first-order valence-electron chi connectivity index (χ1n) is 8.46. The Kier molecular flexibility index (Phi) is 4.98. The number of rotatable bonds is 5. The Morgan fingerprint density at radius 3 is 2.60 bits per heavy atom. The Hall–Kier alpha value is -2.88. The highest BCUT2D eigenvalue weighted by Gasteiger charge is 2.18. The van der Waals surface area contributed by atoms with Gasteiger partial charge < -0.3 is 9.32 Å². The van der Waals surface area contributed by atoms with Gasteiger partial charge in [0.25, 0.3) is 0 Å². The molecule has 0 fully saturated rings. The molecule has 128 valence electrons. The van der Waals surface area contributed by atoms with Crippen LogP contribution in [0.15, 0.2) is 59.2 Å². The Morgan fingerprint density at radius 1 is 1.12 bits per heavy atom.